The summed E-state index contributed by atoms with van der Waals surface area (Å²) in [4.78, 5) is 28.7. The molecule has 5 nitrogen and oxygen atoms in total. The number of halogens is 1. The van der Waals surface area contributed by atoms with Crippen LogP contribution in [0, 0.1) is 11.7 Å². The van der Waals surface area contributed by atoms with Crippen molar-refractivity contribution in [1.82, 2.24) is 9.80 Å². The smallest absolute Gasteiger partial charge is 0.238 e. The van der Waals surface area contributed by atoms with E-state index in [-0.39, 0.29) is 23.5 Å². The Morgan fingerprint density at radius 2 is 1.72 bits per heavy atom. The number of piperidine rings is 1. The molecular formula is C18H24FN3O2S. The number of carbonyl (C=O) groups excluding carboxylic acids is 2. The highest BCUT2D eigenvalue weighted by molar-refractivity contribution is 7.99. The van der Waals surface area contributed by atoms with Gasteiger partial charge in [-0.1, -0.05) is 0 Å². The Balaban J connectivity index is 1.41. The number of hydrogen-bond donors (Lipinski definition) is 1. The van der Waals surface area contributed by atoms with Crippen LogP contribution in [0.4, 0.5) is 10.1 Å². The Bertz CT molecular complexity index is 597. The lowest BCUT2D eigenvalue weighted by Gasteiger charge is -2.35. The van der Waals surface area contributed by atoms with Gasteiger partial charge in [-0.25, -0.2) is 4.39 Å². The van der Waals surface area contributed by atoms with Crippen LogP contribution in [0.5, 0.6) is 0 Å². The van der Waals surface area contributed by atoms with Crippen LogP contribution in [-0.2, 0) is 9.59 Å². The summed E-state index contributed by atoms with van der Waals surface area (Å²) in [5.74, 6) is 2.03. The zero-order valence-electron chi connectivity index (χ0n) is 14.2. The minimum atomic E-state index is -0.322. The van der Waals surface area contributed by atoms with Gasteiger partial charge in [-0.15, -0.1) is 0 Å². The fourth-order valence-corrected chi connectivity index (χ4v) is 4.22. The Morgan fingerprint density at radius 1 is 1.08 bits per heavy atom. The van der Waals surface area contributed by atoms with Gasteiger partial charge in [0.25, 0.3) is 0 Å². The van der Waals surface area contributed by atoms with Crippen LogP contribution in [0.3, 0.4) is 0 Å². The van der Waals surface area contributed by atoms with Crippen molar-refractivity contribution in [3.8, 4) is 0 Å². The van der Waals surface area contributed by atoms with Crippen molar-refractivity contribution >= 4 is 29.3 Å². The summed E-state index contributed by atoms with van der Waals surface area (Å²) in [5, 5.41) is 2.78. The van der Waals surface area contributed by atoms with Crippen molar-refractivity contribution in [3.63, 3.8) is 0 Å². The second kappa shape index (κ2) is 8.67. The molecule has 2 fully saturated rings. The predicted octanol–water partition coefficient (Wildman–Crippen LogP) is 2.05. The molecule has 0 radical (unpaired) electrons. The van der Waals surface area contributed by atoms with Gasteiger partial charge in [-0.05, 0) is 50.2 Å². The zero-order chi connectivity index (χ0) is 17.6. The highest BCUT2D eigenvalue weighted by Gasteiger charge is 2.29. The molecule has 0 spiro atoms. The fraction of sp³-hybridized carbons (Fsp3) is 0.556. The number of carbonyl (C=O) groups is 2. The summed E-state index contributed by atoms with van der Waals surface area (Å²) in [6, 6.07) is 5.75. The average Bonchev–Trinajstić information content (AvgIpc) is 2.64. The van der Waals surface area contributed by atoms with Crippen LogP contribution in [0.2, 0.25) is 0 Å². The van der Waals surface area contributed by atoms with Crippen molar-refractivity contribution in [2.24, 2.45) is 5.92 Å². The standard InChI is InChI=1S/C18H24FN3O2S/c19-15-1-3-16(4-2-15)20-17(23)13-21-7-5-14(6-8-21)18(24)22-9-11-25-12-10-22/h1-4,14H,5-13H2,(H,20,23). The maximum Gasteiger partial charge on any atom is 0.238 e. The molecule has 7 heteroatoms. The summed E-state index contributed by atoms with van der Waals surface area (Å²) in [7, 11) is 0. The van der Waals surface area contributed by atoms with Crippen LogP contribution < -0.4 is 5.32 Å². The van der Waals surface area contributed by atoms with Gasteiger partial charge in [0.1, 0.15) is 5.82 Å². The fourth-order valence-electron chi connectivity index (χ4n) is 3.32. The van der Waals surface area contributed by atoms with Gasteiger partial charge in [0.15, 0.2) is 0 Å². The molecule has 0 bridgehead atoms. The lowest BCUT2D eigenvalue weighted by atomic mass is 9.95. The molecule has 1 aromatic carbocycles. The predicted molar refractivity (Wildman–Crippen MR) is 98.1 cm³/mol. The summed E-state index contributed by atoms with van der Waals surface area (Å²) >= 11 is 1.90. The first kappa shape index (κ1) is 18.2. The number of amides is 2. The Kier molecular flexibility index (Phi) is 6.31. The van der Waals surface area contributed by atoms with Gasteiger partial charge in [0.05, 0.1) is 6.54 Å². The van der Waals surface area contributed by atoms with Gasteiger partial charge in [0, 0.05) is 36.2 Å². The van der Waals surface area contributed by atoms with E-state index >= 15 is 0 Å². The summed E-state index contributed by atoms with van der Waals surface area (Å²) in [6.07, 6.45) is 1.62. The molecule has 1 N–H and O–H groups in total. The van der Waals surface area contributed by atoms with Crippen LogP contribution >= 0.6 is 11.8 Å². The molecular weight excluding hydrogens is 341 g/mol. The van der Waals surface area contributed by atoms with Gasteiger partial charge >= 0.3 is 0 Å². The van der Waals surface area contributed by atoms with E-state index in [1.165, 1.54) is 12.1 Å². The van der Waals surface area contributed by atoms with E-state index in [0.717, 1.165) is 50.5 Å². The lowest BCUT2D eigenvalue weighted by molar-refractivity contribution is -0.136. The molecule has 136 valence electrons. The van der Waals surface area contributed by atoms with Crippen LogP contribution in [-0.4, -0.2) is 65.8 Å². The Hall–Kier alpha value is -1.60. The molecule has 2 aliphatic heterocycles. The van der Waals surface area contributed by atoms with E-state index in [1.807, 2.05) is 16.7 Å². The molecule has 0 aliphatic carbocycles. The van der Waals surface area contributed by atoms with Gasteiger partial charge in [0.2, 0.25) is 11.8 Å². The number of hydrogen-bond acceptors (Lipinski definition) is 4. The first-order valence-corrected chi connectivity index (χ1v) is 9.91. The number of anilines is 1. The first-order chi connectivity index (χ1) is 12.1. The first-order valence-electron chi connectivity index (χ1n) is 8.76. The topological polar surface area (TPSA) is 52.7 Å². The van der Waals surface area contributed by atoms with Crippen molar-refractivity contribution in [2.45, 2.75) is 12.8 Å². The third-order valence-electron chi connectivity index (χ3n) is 4.75. The van der Waals surface area contributed by atoms with E-state index in [0.29, 0.717) is 12.2 Å². The molecule has 2 heterocycles. The maximum absolute atomic E-state index is 12.9. The highest BCUT2D eigenvalue weighted by atomic mass is 32.2. The van der Waals surface area contributed by atoms with E-state index in [2.05, 4.69) is 10.2 Å². The van der Waals surface area contributed by atoms with Gasteiger partial charge in [-0.3, -0.25) is 14.5 Å². The van der Waals surface area contributed by atoms with Crippen LogP contribution in [0.1, 0.15) is 12.8 Å². The van der Waals surface area contributed by atoms with Crippen molar-refractivity contribution in [2.75, 3.05) is 49.5 Å². The van der Waals surface area contributed by atoms with Crippen LogP contribution in [0.15, 0.2) is 24.3 Å². The van der Waals surface area contributed by atoms with Gasteiger partial charge < -0.3 is 10.2 Å². The summed E-state index contributed by atoms with van der Waals surface area (Å²) < 4.78 is 12.9. The quantitative estimate of drug-likeness (QED) is 0.887. The number of thioether (sulfide) groups is 1. The van der Waals surface area contributed by atoms with Crippen molar-refractivity contribution < 1.29 is 14.0 Å². The third kappa shape index (κ3) is 5.19. The zero-order valence-corrected chi connectivity index (χ0v) is 15.1. The molecule has 0 atom stereocenters. The normalized spacial score (nSPS) is 19.6. The molecule has 25 heavy (non-hydrogen) atoms. The lowest BCUT2D eigenvalue weighted by Crippen LogP contribution is -2.46. The molecule has 2 aliphatic rings. The minimum Gasteiger partial charge on any atom is -0.341 e. The number of nitrogens with zero attached hydrogens (tertiary/aromatic N) is 2. The molecule has 1 aromatic rings. The molecule has 2 amide bonds. The molecule has 2 saturated heterocycles. The molecule has 0 aromatic heterocycles. The SMILES string of the molecule is O=C(CN1CCC(C(=O)N2CCSCC2)CC1)Nc1ccc(F)cc1. The summed E-state index contributed by atoms with van der Waals surface area (Å²) in [6.45, 7) is 3.55. The molecule has 0 unspecified atom stereocenters. The monoisotopic (exact) mass is 365 g/mol. The molecule has 0 saturated carbocycles. The van der Waals surface area contributed by atoms with Crippen molar-refractivity contribution in [1.29, 1.82) is 0 Å². The van der Waals surface area contributed by atoms with Gasteiger partial charge in [-0.2, -0.15) is 11.8 Å². The molecule has 3 rings (SSSR count). The Labute approximate surface area is 151 Å². The number of nitrogens with one attached hydrogen (secondary N) is 1. The average molecular weight is 365 g/mol. The Morgan fingerprint density at radius 3 is 2.36 bits per heavy atom. The van der Waals surface area contributed by atoms with E-state index in [4.69, 9.17) is 0 Å². The minimum absolute atomic E-state index is 0.0968. The highest BCUT2D eigenvalue weighted by Crippen LogP contribution is 2.21. The van der Waals surface area contributed by atoms with E-state index in [9.17, 15) is 14.0 Å². The number of benzene rings is 1. The number of likely N-dealkylation sites (tertiary alicyclic amines) is 1. The van der Waals surface area contributed by atoms with E-state index in [1.54, 1.807) is 12.1 Å². The maximum atomic E-state index is 12.9. The van der Waals surface area contributed by atoms with E-state index < -0.39 is 0 Å². The summed E-state index contributed by atoms with van der Waals surface area (Å²) in [5.41, 5.74) is 0.597. The largest absolute Gasteiger partial charge is 0.341 e. The third-order valence-corrected chi connectivity index (χ3v) is 5.70. The second-order valence-electron chi connectivity index (χ2n) is 6.54. The van der Waals surface area contributed by atoms with Crippen molar-refractivity contribution in [3.05, 3.63) is 30.1 Å². The second-order valence-corrected chi connectivity index (χ2v) is 7.77. The number of rotatable bonds is 4. The van der Waals surface area contributed by atoms with Crippen LogP contribution in [0.25, 0.3) is 0 Å².